The van der Waals surface area contributed by atoms with Crippen molar-refractivity contribution in [2.45, 2.75) is 31.1 Å². The van der Waals surface area contributed by atoms with Crippen LogP contribution < -0.4 is 5.73 Å². The lowest BCUT2D eigenvalue weighted by molar-refractivity contribution is -0.0479. The molecule has 0 bridgehead atoms. The number of nitrogens with two attached hydrogens (primary N) is 1. The first-order chi connectivity index (χ1) is 3.63. The van der Waals surface area contributed by atoms with Gasteiger partial charge in [0.1, 0.15) is 5.72 Å². The van der Waals surface area contributed by atoms with Crippen LogP contribution in [0.5, 0.6) is 0 Å². The third-order valence-corrected chi connectivity index (χ3v) is 1.63. The Morgan fingerprint density at radius 3 is 2.38 bits per heavy atom. The summed E-state index contributed by atoms with van der Waals surface area (Å²) in [6.45, 7) is 0. The predicted octanol–water partition coefficient (Wildman–Crippen LogP) is -0.822. The summed E-state index contributed by atoms with van der Waals surface area (Å²) in [6.07, 6.45) is 1.28. The maximum absolute atomic E-state index is 8.99. The Labute approximate surface area is 48.1 Å². The van der Waals surface area contributed by atoms with Crippen molar-refractivity contribution in [3.05, 3.63) is 0 Å². The maximum atomic E-state index is 8.99. The van der Waals surface area contributed by atoms with E-state index >= 15 is 0 Å². The molecule has 3 heteroatoms. The number of rotatable bonds is 0. The molecular weight excluding hydrogens is 106 g/mol. The molecule has 0 aliphatic heterocycles. The van der Waals surface area contributed by atoms with Gasteiger partial charge in [0, 0.05) is 0 Å². The molecule has 1 unspecified atom stereocenters. The molecule has 0 aromatic heterocycles. The molecule has 1 saturated carbocycles. The number of aliphatic hydroxyl groups excluding tert-OH is 1. The van der Waals surface area contributed by atoms with Crippen LogP contribution in [-0.2, 0) is 0 Å². The minimum atomic E-state index is -1.29. The van der Waals surface area contributed by atoms with Gasteiger partial charge in [-0.15, -0.1) is 0 Å². The molecule has 1 rings (SSSR count). The van der Waals surface area contributed by atoms with Crippen LogP contribution in [-0.4, -0.2) is 22.0 Å². The highest BCUT2D eigenvalue weighted by Gasteiger charge is 2.35. The second kappa shape index (κ2) is 1.69. The van der Waals surface area contributed by atoms with E-state index in [1.54, 1.807) is 0 Å². The van der Waals surface area contributed by atoms with E-state index in [9.17, 15) is 0 Å². The van der Waals surface area contributed by atoms with Crippen molar-refractivity contribution < 1.29 is 10.2 Å². The van der Waals surface area contributed by atoms with E-state index in [4.69, 9.17) is 15.9 Å². The second-order valence-corrected chi connectivity index (χ2v) is 2.40. The number of hydrogen-bond acceptors (Lipinski definition) is 3. The molecule has 0 amide bonds. The van der Waals surface area contributed by atoms with Crippen LogP contribution in [0, 0.1) is 0 Å². The molecule has 0 aromatic carbocycles. The number of hydrogen-bond donors (Lipinski definition) is 3. The normalized spacial score (nSPS) is 47.6. The summed E-state index contributed by atoms with van der Waals surface area (Å²) in [7, 11) is 0. The van der Waals surface area contributed by atoms with Crippen LogP contribution in [0.25, 0.3) is 0 Å². The average Bonchev–Trinajstić information content (AvgIpc) is 1.86. The molecule has 2 atom stereocenters. The van der Waals surface area contributed by atoms with E-state index in [0.29, 0.717) is 12.8 Å². The molecule has 8 heavy (non-hydrogen) atoms. The summed E-state index contributed by atoms with van der Waals surface area (Å²) in [5.74, 6) is 0. The van der Waals surface area contributed by atoms with Crippen molar-refractivity contribution in [2.75, 3.05) is 0 Å². The van der Waals surface area contributed by atoms with Crippen LogP contribution in [0.1, 0.15) is 19.3 Å². The van der Waals surface area contributed by atoms with Crippen molar-refractivity contribution in [1.82, 2.24) is 0 Å². The SMILES string of the molecule is N[C@]1(O)CCCC1O. The first-order valence-corrected chi connectivity index (χ1v) is 2.82. The van der Waals surface area contributed by atoms with Crippen LogP contribution >= 0.6 is 0 Å². The molecule has 0 aromatic rings. The van der Waals surface area contributed by atoms with Crippen molar-refractivity contribution in [3.8, 4) is 0 Å². The molecule has 0 spiro atoms. The Bertz CT molecular complexity index is 92.4. The van der Waals surface area contributed by atoms with Gasteiger partial charge in [-0.25, -0.2) is 0 Å². The molecule has 0 heterocycles. The monoisotopic (exact) mass is 117 g/mol. The largest absolute Gasteiger partial charge is 0.389 e. The van der Waals surface area contributed by atoms with E-state index in [-0.39, 0.29) is 0 Å². The maximum Gasteiger partial charge on any atom is 0.139 e. The van der Waals surface area contributed by atoms with Gasteiger partial charge in [-0.05, 0) is 19.3 Å². The third kappa shape index (κ3) is 0.844. The zero-order valence-corrected chi connectivity index (χ0v) is 4.67. The lowest BCUT2D eigenvalue weighted by atomic mass is 10.2. The summed E-state index contributed by atoms with van der Waals surface area (Å²) in [4.78, 5) is 0. The van der Waals surface area contributed by atoms with Crippen molar-refractivity contribution in [1.29, 1.82) is 0 Å². The summed E-state index contributed by atoms with van der Waals surface area (Å²) < 4.78 is 0. The second-order valence-electron chi connectivity index (χ2n) is 2.40. The van der Waals surface area contributed by atoms with E-state index in [1.807, 2.05) is 0 Å². The minimum absolute atomic E-state index is 0.522. The Morgan fingerprint density at radius 2 is 2.25 bits per heavy atom. The standard InChI is InChI=1S/C5H11NO2/c6-5(8)3-1-2-4(5)7/h4,7-8H,1-3,6H2/t4?,5-/m0/s1. The van der Waals surface area contributed by atoms with Gasteiger partial charge in [0.15, 0.2) is 0 Å². The summed E-state index contributed by atoms with van der Waals surface area (Å²) in [5.41, 5.74) is 3.94. The highest BCUT2D eigenvalue weighted by molar-refractivity contribution is 4.86. The lowest BCUT2D eigenvalue weighted by Gasteiger charge is -2.19. The Morgan fingerprint density at radius 1 is 1.62 bits per heavy atom. The first-order valence-electron chi connectivity index (χ1n) is 2.82. The summed E-state index contributed by atoms with van der Waals surface area (Å²) in [6, 6.07) is 0. The van der Waals surface area contributed by atoms with E-state index in [0.717, 1.165) is 6.42 Å². The van der Waals surface area contributed by atoms with Gasteiger partial charge in [-0.3, -0.25) is 0 Å². The van der Waals surface area contributed by atoms with Crippen molar-refractivity contribution in [3.63, 3.8) is 0 Å². The molecule has 48 valence electrons. The summed E-state index contributed by atoms with van der Waals surface area (Å²) in [5, 5.41) is 17.9. The zero-order chi connectivity index (χ0) is 6.20. The van der Waals surface area contributed by atoms with Crippen molar-refractivity contribution in [2.24, 2.45) is 5.73 Å². The van der Waals surface area contributed by atoms with Crippen LogP contribution in [0.15, 0.2) is 0 Å². The highest BCUT2D eigenvalue weighted by atomic mass is 16.4. The third-order valence-electron chi connectivity index (χ3n) is 1.63. The van der Waals surface area contributed by atoms with Gasteiger partial charge in [0.05, 0.1) is 6.10 Å². The minimum Gasteiger partial charge on any atom is -0.389 e. The smallest absolute Gasteiger partial charge is 0.139 e. The first kappa shape index (κ1) is 6.01. The molecule has 0 saturated heterocycles. The van der Waals surface area contributed by atoms with Gasteiger partial charge < -0.3 is 15.9 Å². The molecule has 1 fully saturated rings. The summed E-state index contributed by atoms with van der Waals surface area (Å²) >= 11 is 0. The molecule has 1 aliphatic rings. The fourth-order valence-electron chi connectivity index (χ4n) is 0.995. The molecule has 0 radical (unpaired) electrons. The van der Waals surface area contributed by atoms with Gasteiger partial charge in [-0.2, -0.15) is 0 Å². The fraction of sp³-hybridized carbons (Fsp3) is 1.00. The van der Waals surface area contributed by atoms with E-state index in [1.165, 1.54) is 0 Å². The van der Waals surface area contributed by atoms with Crippen LogP contribution in [0.3, 0.4) is 0 Å². The van der Waals surface area contributed by atoms with Crippen LogP contribution in [0.2, 0.25) is 0 Å². The average molecular weight is 117 g/mol. The molecule has 1 aliphatic carbocycles. The van der Waals surface area contributed by atoms with E-state index in [2.05, 4.69) is 0 Å². The highest BCUT2D eigenvalue weighted by Crippen LogP contribution is 2.24. The van der Waals surface area contributed by atoms with E-state index < -0.39 is 11.8 Å². The van der Waals surface area contributed by atoms with Crippen LogP contribution in [0.4, 0.5) is 0 Å². The lowest BCUT2D eigenvalue weighted by Crippen LogP contribution is -2.46. The Hall–Kier alpha value is -0.120. The van der Waals surface area contributed by atoms with Gasteiger partial charge >= 0.3 is 0 Å². The molecular formula is C5H11NO2. The molecule has 3 nitrogen and oxygen atoms in total. The Balaban J connectivity index is 2.54. The quantitative estimate of drug-likeness (QED) is 0.363. The molecule has 4 N–H and O–H groups in total. The number of aliphatic hydroxyl groups is 2. The predicted molar refractivity (Wildman–Crippen MR) is 29.0 cm³/mol. The van der Waals surface area contributed by atoms with Gasteiger partial charge in [0.2, 0.25) is 0 Å². The fourth-order valence-corrected chi connectivity index (χ4v) is 0.995. The van der Waals surface area contributed by atoms with Gasteiger partial charge in [0.25, 0.3) is 0 Å². The van der Waals surface area contributed by atoms with Gasteiger partial charge in [-0.1, -0.05) is 0 Å². The topological polar surface area (TPSA) is 66.5 Å². The zero-order valence-electron chi connectivity index (χ0n) is 4.67. The van der Waals surface area contributed by atoms with Crippen molar-refractivity contribution >= 4 is 0 Å². The Kier molecular flexibility index (Phi) is 1.27.